The lowest BCUT2D eigenvalue weighted by molar-refractivity contribution is -0.109. The highest BCUT2D eigenvalue weighted by Gasteiger charge is 2.27. The topological polar surface area (TPSA) is 72.5 Å². The van der Waals surface area contributed by atoms with Gasteiger partial charge in [-0.1, -0.05) is 88.0 Å². The number of rotatable bonds is 13. The first-order chi connectivity index (χ1) is 30.1. The van der Waals surface area contributed by atoms with E-state index in [0.717, 1.165) is 104 Å². The molecule has 3 aromatic carbocycles. The molecule has 1 fully saturated rings. The standard InChI is InChI=1S/C38H41Cl2N5O2.C8H16N2.C4H10.C2H6/c1-22-10-13-33-30(17-22)31(20-43(33)6)37-28(9-8-16-47-27-18-23(2)36(40)24(3)19-27)29-11-12-32(39)35(34-25(4)42-44(7)26(34)5)38(29)45(37)15-14-41-21-46;1-8(2)10-6-4-9(3)5-7-10;1-3-4-2;1-2/h10-13,17-21H,8-9,14-16H2,1-7H3,(H,41,46);1,4-7H2,2-3H3;3-4H2,1-2H3;1-2H3. The van der Waals surface area contributed by atoms with E-state index in [1.165, 1.54) is 48.1 Å². The summed E-state index contributed by atoms with van der Waals surface area (Å²) in [6, 6.07) is 14.8. The van der Waals surface area contributed by atoms with Gasteiger partial charge < -0.3 is 29.0 Å². The number of unbranched alkanes of at least 4 members (excludes halogenated alkanes) is 1. The average molecular weight is 899 g/mol. The van der Waals surface area contributed by atoms with Crippen molar-refractivity contribution in [2.45, 2.75) is 101 Å². The third kappa shape index (κ3) is 12.1. The molecule has 0 spiro atoms. The van der Waals surface area contributed by atoms with Crippen molar-refractivity contribution in [2.24, 2.45) is 14.1 Å². The first-order valence-electron chi connectivity index (χ1n) is 22.7. The predicted molar refractivity (Wildman–Crippen MR) is 270 cm³/mol. The van der Waals surface area contributed by atoms with Gasteiger partial charge in [0.25, 0.3) is 0 Å². The third-order valence-electron chi connectivity index (χ3n) is 11.8. The van der Waals surface area contributed by atoms with Gasteiger partial charge in [0.05, 0.1) is 28.5 Å². The van der Waals surface area contributed by atoms with Gasteiger partial charge in [-0.3, -0.25) is 9.48 Å². The van der Waals surface area contributed by atoms with Gasteiger partial charge in [-0.15, -0.1) is 0 Å². The van der Waals surface area contributed by atoms with E-state index < -0.39 is 0 Å². The van der Waals surface area contributed by atoms with Crippen molar-refractivity contribution in [1.82, 2.24) is 34.0 Å². The Morgan fingerprint density at radius 2 is 1.54 bits per heavy atom. The number of likely N-dealkylation sites (N-methyl/N-ethyl adjacent to an activating group) is 1. The van der Waals surface area contributed by atoms with Crippen LogP contribution in [0.3, 0.4) is 0 Å². The van der Waals surface area contributed by atoms with Crippen molar-refractivity contribution < 1.29 is 9.53 Å². The van der Waals surface area contributed by atoms with Crippen LogP contribution in [0, 0.1) is 34.6 Å². The van der Waals surface area contributed by atoms with Crippen molar-refractivity contribution in [3.63, 3.8) is 0 Å². The molecule has 1 aliphatic heterocycles. The fraction of sp³-hybridized carbons (Fsp3) is 0.462. The SMILES string of the molecule is C=C(C)N1CCN(C)CC1.CC.CCCC.Cc1ccc2c(c1)c(-c1c(CCCOc3cc(C)c(Cl)c(C)c3)c3ccc(Cl)c(-c4c(C)nn(C)c4C)c3n1CCNC=O)cn2C. The summed E-state index contributed by atoms with van der Waals surface area (Å²) >= 11 is 13.5. The number of carbonyl (C=O) groups is 1. The molecule has 1 N–H and O–H groups in total. The maximum absolute atomic E-state index is 11.4. The molecule has 9 nitrogen and oxygen atoms in total. The lowest BCUT2D eigenvalue weighted by Gasteiger charge is -2.33. The highest BCUT2D eigenvalue weighted by Crippen LogP contribution is 2.46. The van der Waals surface area contributed by atoms with Gasteiger partial charge in [0, 0.05) is 109 Å². The number of piperazine rings is 1. The van der Waals surface area contributed by atoms with Crippen molar-refractivity contribution >= 4 is 51.4 Å². The summed E-state index contributed by atoms with van der Waals surface area (Å²) in [7, 11) is 6.22. The number of amides is 1. The zero-order valence-electron chi connectivity index (χ0n) is 40.4. The first-order valence-corrected chi connectivity index (χ1v) is 23.4. The number of aryl methyl sites for hydroxylation is 7. The number of ether oxygens (including phenoxy) is 1. The molecule has 3 aromatic heterocycles. The molecular formula is C52H73Cl2N7O2. The fourth-order valence-electron chi connectivity index (χ4n) is 8.20. The molecule has 1 amide bonds. The molecule has 6 aromatic rings. The van der Waals surface area contributed by atoms with Gasteiger partial charge in [0.15, 0.2) is 0 Å². The van der Waals surface area contributed by atoms with Crippen molar-refractivity contribution in [3.8, 4) is 28.1 Å². The molecule has 0 unspecified atom stereocenters. The molecule has 63 heavy (non-hydrogen) atoms. The Labute approximate surface area is 388 Å². The second-order valence-corrected chi connectivity index (χ2v) is 17.3. The molecule has 0 radical (unpaired) electrons. The maximum atomic E-state index is 11.4. The molecule has 0 aliphatic carbocycles. The fourth-order valence-corrected chi connectivity index (χ4v) is 8.55. The molecule has 7 rings (SSSR count). The number of hydrogen-bond donors (Lipinski definition) is 1. The van der Waals surface area contributed by atoms with E-state index in [1.807, 2.05) is 64.5 Å². The monoisotopic (exact) mass is 898 g/mol. The molecule has 1 saturated heterocycles. The zero-order chi connectivity index (χ0) is 46.5. The highest BCUT2D eigenvalue weighted by atomic mass is 35.5. The third-order valence-corrected chi connectivity index (χ3v) is 12.7. The minimum Gasteiger partial charge on any atom is -0.494 e. The lowest BCUT2D eigenvalue weighted by Crippen LogP contribution is -2.43. The summed E-state index contributed by atoms with van der Waals surface area (Å²) in [5.41, 5.74) is 14.1. The minimum absolute atomic E-state index is 0.471. The highest BCUT2D eigenvalue weighted by molar-refractivity contribution is 6.35. The number of benzene rings is 3. The van der Waals surface area contributed by atoms with Gasteiger partial charge in [0.1, 0.15) is 5.75 Å². The summed E-state index contributed by atoms with van der Waals surface area (Å²) < 4.78 is 12.7. The Balaban J connectivity index is 0.000000463. The molecule has 0 saturated carbocycles. The van der Waals surface area contributed by atoms with Gasteiger partial charge in [-0.05, 0) is 108 Å². The van der Waals surface area contributed by atoms with Crippen LogP contribution in [0.4, 0.5) is 0 Å². The van der Waals surface area contributed by atoms with Crippen molar-refractivity contribution in [1.29, 1.82) is 0 Å². The van der Waals surface area contributed by atoms with Crippen LogP contribution in [0.2, 0.25) is 10.0 Å². The summed E-state index contributed by atoms with van der Waals surface area (Å²) in [5.74, 6) is 0.827. The van der Waals surface area contributed by atoms with Crippen LogP contribution < -0.4 is 10.1 Å². The van der Waals surface area contributed by atoms with Crippen LogP contribution in [0.25, 0.3) is 44.2 Å². The number of nitrogens with zero attached hydrogens (tertiary/aromatic N) is 6. The Morgan fingerprint density at radius 1 is 0.889 bits per heavy atom. The van der Waals surface area contributed by atoms with E-state index in [9.17, 15) is 4.79 Å². The number of nitrogens with one attached hydrogen (secondary N) is 1. The van der Waals surface area contributed by atoms with Crippen molar-refractivity contribution in [3.05, 3.63) is 105 Å². The minimum atomic E-state index is 0.471. The Kier molecular flexibility index (Phi) is 19.3. The van der Waals surface area contributed by atoms with Crippen LogP contribution in [-0.2, 0) is 31.9 Å². The number of hydrogen-bond acceptors (Lipinski definition) is 5. The van der Waals surface area contributed by atoms with E-state index in [-0.39, 0.29) is 0 Å². The van der Waals surface area contributed by atoms with E-state index in [1.54, 1.807) is 0 Å². The molecule has 0 bridgehead atoms. The number of fused-ring (bicyclic) bond motifs is 2. The van der Waals surface area contributed by atoms with E-state index in [4.69, 9.17) is 33.0 Å². The Bertz CT molecular complexity index is 2440. The Morgan fingerprint density at radius 3 is 2.11 bits per heavy atom. The van der Waals surface area contributed by atoms with Crippen LogP contribution in [0.1, 0.15) is 87.5 Å². The Hall–Kier alpha value is -4.70. The second kappa shape index (κ2) is 23.8. The average Bonchev–Trinajstić information content (AvgIpc) is 3.84. The normalized spacial score (nSPS) is 12.6. The number of halogens is 2. The molecule has 0 atom stereocenters. The number of aromatic nitrogens is 4. The lowest BCUT2D eigenvalue weighted by atomic mass is 9.97. The van der Waals surface area contributed by atoms with Crippen LogP contribution in [-0.4, -0.2) is 81.5 Å². The first kappa shape index (κ1) is 50.9. The number of carbonyl (C=O) groups excluding carboxylic acids is 1. The quantitative estimate of drug-likeness (QED) is 0.0923. The van der Waals surface area contributed by atoms with Crippen molar-refractivity contribution in [2.75, 3.05) is 46.4 Å². The summed E-state index contributed by atoms with van der Waals surface area (Å²) in [4.78, 5) is 16.1. The van der Waals surface area contributed by atoms with Crippen LogP contribution in [0.5, 0.6) is 5.75 Å². The van der Waals surface area contributed by atoms with Gasteiger partial charge in [0.2, 0.25) is 6.41 Å². The smallest absolute Gasteiger partial charge is 0.207 e. The van der Waals surface area contributed by atoms with E-state index in [0.29, 0.717) is 24.7 Å². The van der Waals surface area contributed by atoms with Gasteiger partial charge in [-0.25, -0.2) is 0 Å². The van der Waals surface area contributed by atoms with Crippen LogP contribution >= 0.6 is 23.2 Å². The van der Waals surface area contributed by atoms with Crippen LogP contribution in [0.15, 0.2) is 60.9 Å². The van der Waals surface area contributed by atoms with E-state index in [2.05, 4.69) is 110 Å². The van der Waals surface area contributed by atoms with Gasteiger partial charge in [-0.2, -0.15) is 5.10 Å². The maximum Gasteiger partial charge on any atom is 0.207 e. The number of allylic oxidation sites excluding steroid dienone is 1. The molecule has 11 heteroatoms. The zero-order valence-corrected chi connectivity index (χ0v) is 41.9. The molecule has 342 valence electrons. The summed E-state index contributed by atoms with van der Waals surface area (Å²) in [6.07, 6.45) is 7.20. The summed E-state index contributed by atoms with van der Waals surface area (Å²) in [5, 5.41) is 11.4. The molecule has 4 heterocycles. The van der Waals surface area contributed by atoms with Gasteiger partial charge >= 0.3 is 0 Å². The largest absolute Gasteiger partial charge is 0.494 e. The molecule has 1 aliphatic rings. The predicted octanol–water partition coefficient (Wildman–Crippen LogP) is 12.4. The second-order valence-electron chi connectivity index (χ2n) is 16.6. The summed E-state index contributed by atoms with van der Waals surface area (Å²) in [6.45, 7) is 30.8. The molecular weight excluding hydrogens is 826 g/mol. The van der Waals surface area contributed by atoms with E-state index >= 15 is 0 Å².